The molecule has 0 saturated carbocycles. The second-order valence-corrected chi connectivity index (χ2v) is 4.96. The topological polar surface area (TPSA) is 37.3 Å². The molecule has 72 valence electrons. The van der Waals surface area contributed by atoms with Crippen molar-refractivity contribution in [3.05, 3.63) is 0 Å². The Balaban J connectivity index is 4.46. The zero-order valence-electron chi connectivity index (χ0n) is 8.77. The Hall–Kier alpha value is -0.530. The van der Waals surface area contributed by atoms with Crippen molar-refractivity contribution in [1.29, 1.82) is 0 Å². The molecule has 0 aromatic carbocycles. The van der Waals surface area contributed by atoms with Gasteiger partial charge in [0.15, 0.2) is 0 Å². The molecular weight excluding hydrogens is 152 g/mol. The number of hydrogen-bond donors (Lipinski definition) is 1. The molecule has 0 bridgehead atoms. The molecule has 0 radical (unpaired) electrons. The van der Waals surface area contributed by atoms with E-state index in [2.05, 4.69) is 20.8 Å². The summed E-state index contributed by atoms with van der Waals surface area (Å²) < 4.78 is 0. The third kappa shape index (κ3) is 3.24. The molecule has 0 amide bonds. The Kier molecular flexibility index (Phi) is 3.31. The highest BCUT2D eigenvalue weighted by Crippen LogP contribution is 2.36. The summed E-state index contributed by atoms with van der Waals surface area (Å²) in [6, 6.07) is 0. The molecule has 0 rings (SSSR count). The molecule has 0 aromatic heterocycles. The molecule has 0 aliphatic heterocycles. The van der Waals surface area contributed by atoms with Crippen molar-refractivity contribution < 1.29 is 9.90 Å². The van der Waals surface area contributed by atoms with Gasteiger partial charge in [-0.1, -0.05) is 27.7 Å². The van der Waals surface area contributed by atoms with Gasteiger partial charge in [0.25, 0.3) is 0 Å². The summed E-state index contributed by atoms with van der Waals surface area (Å²) in [5, 5.41) is 9.00. The van der Waals surface area contributed by atoms with E-state index in [9.17, 15) is 4.79 Å². The van der Waals surface area contributed by atoms with E-state index in [0.29, 0.717) is 6.42 Å². The summed E-state index contributed by atoms with van der Waals surface area (Å²) in [5.74, 6) is -0.681. The van der Waals surface area contributed by atoms with Crippen molar-refractivity contribution in [3.63, 3.8) is 0 Å². The van der Waals surface area contributed by atoms with Crippen molar-refractivity contribution >= 4 is 5.97 Å². The van der Waals surface area contributed by atoms with E-state index in [0.717, 1.165) is 6.42 Å². The Morgan fingerprint density at radius 1 is 1.25 bits per heavy atom. The quantitative estimate of drug-likeness (QED) is 0.710. The minimum atomic E-state index is -0.681. The fourth-order valence-electron chi connectivity index (χ4n) is 1.52. The Morgan fingerprint density at radius 3 is 1.75 bits per heavy atom. The third-order valence-corrected chi connectivity index (χ3v) is 2.22. The van der Waals surface area contributed by atoms with Gasteiger partial charge in [-0.15, -0.1) is 0 Å². The van der Waals surface area contributed by atoms with E-state index in [1.165, 1.54) is 0 Å². The lowest BCUT2D eigenvalue weighted by Crippen LogP contribution is -2.31. The molecule has 0 fully saturated rings. The van der Waals surface area contributed by atoms with E-state index in [4.69, 9.17) is 5.11 Å². The number of hydrogen-bond acceptors (Lipinski definition) is 1. The maximum Gasteiger partial charge on any atom is 0.309 e. The monoisotopic (exact) mass is 172 g/mol. The second-order valence-electron chi connectivity index (χ2n) is 4.96. The number of aliphatic carboxylic acids is 1. The van der Waals surface area contributed by atoms with Gasteiger partial charge >= 0.3 is 5.97 Å². The molecule has 1 unspecified atom stereocenters. The van der Waals surface area contributed by atoms with Crippen molar-refractivity contribution in [3.8, 4) is 0 Å². The SMILES string of the molecule is CCC(C)(CC(C)(C)C)C(=O)O. The molecule has 0 aromatic rings. The highest BCUT2D eigenvalue weighted by Gasteiger charge is 2.35. The molecule has 0 heterocycles. The van der Waals surface area contributed by atoms with Crippen LogP contribution in [0.2, 0.25) is 0 Å². The number of carboxylic acid groups (broad SMARTS) is 1. The average molecular weight is 172 g/mol. The van der Waals surface area contributed by atoms with Gasteiger partial charge in [0.05, 0.1) is 5.41 Å². The van der Waals surface area contributed by atoms with Crippen molar-refractivity contribution in [1.82, 2.24) is 0 Å². The van der Waals surface area contributed by atoms with Crippen LogP contribution in [0.4, 0.5) is 0 Å². The Bertz CT molecular complexity index is 167. The van der Waals surface area contributed by atoms with Crippen LogP contribution >= 0.6 is 0 Å². The first kappa shape index (κ1) is 11.5. The minimum Gasteiger partial charge on any atom is -0.481 e. The van der Waals surface area contributed by atoms with Gasteiger partial charge in [-0.2, -0.15) is 0 Å². The summed E-state index contributed by atoms with van der Waals surface area (Å²) >= 11 is 0. The average Bonchev–Trinajstić information content (AvgIpc) is 1.83. The first-order valence-electron chi connectivity index (χ1n) is 4.45. The highest BCUT2D eigenvalue weighted by atomic mass is 16.4. The van der Waals surface area contributed by atoms with Crippen LogP contribution in [0.1, 0.15) is 47.5 Å². The van der Waals surface area contributed by atoms with Gasteiger partial charge < -0.3 is 5.11 Å². The lowest BCUT2D eigenvalue weighted by molar-refractivity contribution is -0.150. The fourth-order valence-corrected chi connectivity index (χ4v) is 1.52. The maximum atomic E-state index is 10.9. The van der Waals surface area contributed by atoms with E-state index < -0.39 is 11.4 Å². The molecule has 0 saturated heterocycles. The molecule has 0 spiro atoms. The Morgan fingerprint density at radius 2 is 1.67 bits per heavy atom. The van der Waals surface area contributed by atoms with Crippen LogP contribution in [0, 0.1) is 10.8 Å². The van der Waals surface area contributed by atoms with Gasteiger partial charge in [0.2, 0.25) is 0 Å². The van der Waals surface area contributed by atoms with Gasteiger partial charge in [-0.3, -0.25) is 4.79 Å². The summed E-state index contributed by atoms with van der Waals surface area (Å²) in [5.41, 5.74) is -0.471. The van der Waals surface area contributed by atoms with E-state index in [1.54, 1.807) is 0 Å². The van der Waals surface area contributed by atoms with Crippen molar-refractivity contribution in [2.45, 2.75) is 47.5 Å². The maximum absolute atomic E-state index is 10.9. The van der Waals surface area contributed by atoms with E-state index in [-0.39, 0.29) is 5.41 Å². The molecule has 12 heavy (non-hydrogen) atoms. The molecule has 2 heteroatoms. The molecular formula is C10H20O2. The number of rotatable bonds is 3. The molecule has 1 atom stereocenters. The van der Waals surface area contributed by atoms with Crippen molar-refractivity contribution in [2.75, 3.05) is 0 Å². The van der Waals surface area contributed by atoms with Gasteiger partial charge in [0, 0.05) is 0 Å². The van der Waals surface area contributed by atoms with Crippen LogP contribution in [0.5, 0.6) is 0 Å². The second kappa shape index (κ2) is 3.46. The number of carbonyl (C=O) groups is 1. The van der Waals surface area contributed by atoms with Crippen LogP contribution in [-0.2, 0) is 4.79 Å². The summed E-state index contributed by atoms with van der Waals surface area (Å²) in [6.07, 6.45) is 1.42. The zero-order chi connectivity index (χ0) is 9.99. The Labute approximate surface area is 75.0 Å². The van der Waals surface area contributed by atoms with Gasteiger partial charge in [0.1, 0.15) is 0 Å². The lowest BCUT2D eigenvalue weighted by Gasteiger charge is -2.30. The van der Waals surface area contributed by atoms with Crippen molar-refractivity contribution in [2.24, 2.45) is 10.8 Å². The third-order valence-electron chi connectivity index (χ3n) is 2.22. The predicted molar refractivity (Wildman–Crippen MR) is 50.1 cm³/mol. The lowest BCUT2D eigenvalue weighted by atomic mass is 9.73. The van der Waals surface area contributed by atoms with Crippen LogP contribution in [0.15, 0.2) is 0 Å². The van der Waals surface area contributed by atoms with Crippen LogP contribution < -0.4 is 0 Å². The molecule has 2 nitrogen and oxygen atoms in total. The smallest absolute Gasteiger partial charge is 0.309 e. The minimum absolute atomic E-state index is 0.0865. The van der Waals surface area contributed by atoms with Crippen LogP contribution in [0.25, 0.3) is 0 Å². The van der Waals surface area contributed by atoms with Gasteiger partial charge in [-0.05, 0) is 25.2 Å². The fraction of sp³-hybridized carbons (Fsp3) is 0.900. The molecule has 0 aliphatic rings. The summed E-state index contributed by atoms with van der Waals surface area (Å²) in [6.45, 7) is 9.97. The predicted octanol–water partition coefficient (Wildman–Crippen LogP) is 2.92. The van der Waals surface area contributed by atoms with Gasteiger partial charge in [-0.25, -0.2) is 0 Å². The first-order valence-corrected chi connectivity index (χ1v) is 4.45. The molecule has 0 aliphatic carbocycles. The highest BCUT2D eigenvalue weighted by molar-refractivity contribution is 5.74. The van der Waals surface area contributed by atoms with E-state index in [1.807, 2.05) is 13.8 Å². The normalized spacial score (nSPS) is 17.1. The van der Waals surface area contributed by atoms with Crippen LogP contribution in [-0.4, -0.2) is 11.1 Å². The van der Waals surface area contributed by atoms with E-state index >= 15 is 0 Å². The number of carboxylic acids is 1. The summed E-state index contributed by atoms with van der Waals surface area (Å²) in [7, 11) is 0. The van der Waals surface area contributed by atoms with Crippen LogP contribution in [0.3, 0.4) is 0 Å². The summed E-state index contributed by atoms with van der Waals surface area (Å²) in [4.78, 5) is 10.9. The zero-order valence-corrected chi connectivity index (χ0v) is 8.77. The molecule has 1 N–H and O–H groups in total. The largest absolute Gasteiger partial charge is 0.481 e. The standard InChI is InChI=1S/C10H20O2/c1-6-10(5,8(11)12)7-9(2,3)4/h6-7H2,1-5H3,(H,11,12). The first-order chi connectivity index (χ1) is 5.21.